The second-order valence-electron chi connectivity index (χ2n) is 5.53. The van der Waals surface area contributed by atoms with Crippen molar-refractivity contribution in [3.8, 4) is 0 Å². The predicted octanol–water partition coefficient (Wildman–Crippen LogP) is 0.0978. The fourth-order valence-electron chi connectivity index (χ4n) is 2.32. The zero-order valence-electron chi connectivity index (χ0n) is 13.4. The molecule has 0 unspecified atom stereocenters. The molecule has 0 atom stereocenters. The number of hydrogen-bond donors (Lipinski definition) is 2. The van der Waals surface area contributed by atoms with Crippen molar-refractivity contribution in [1.82, 2.24) is 24.6 Å². The maximum atomic E-state index is 11.9. The van der Waals surface area contributed by atoms with Crippen LogP contribution < -0.4 is 16.6 Å². The molecule has 0 aliphatic heterocycles. The summed E-state index contributed by atoms with van der Waals surface area (Å²) in [4.78, 5) is 36.6. The first-order chi connectivity index (χ1) is 12.1. The number of H-pyrrole nitrogens is 1. The van der Waals surface area contributed by atoms with Gasteiger partial charge in [0, 0.05) is 31.2 Å². The number of aromatic nitrogens is 4. The number of benzene rings is 1. The van der Waals surface area contributed by atoms with E-state index in [1.54, 1.807) is 6.20 Å². The highest BCUT2D eigenvalue weighted by Crippen LogP contribution is 2.06. The van der Waals surface area contributed by atoms with Crippen LogP contribution in [-0.2, 0) is 24.4 Å². The summed E-state index contributed by atoms with van der Waals surface area (Å²) < 4.78 is 2.97. The SMILES string of the molecule is O=C(Cn1ccc(=O)[nH]c1=O)NCc1ccc(Cn2cccn2)cc1. The Labute approximate surface area is 142 Å². The number of aromatic amines is 1. The van der Waals surface area contributed by atoms with Gasteiger partial charge in [-0.1, -0.05) is 24.3 Å². The fraction of sp³-hybridized carbons (Fsp3) is 0.176. The van der Waals surface area contributed by atoms with E-state index in [0.717, 1.165) is 15.7 Å². The molecule has 1 amide bonds. The third-order valence-corrected chi connectivity index (χ3v) is 3.63. The van der Waals surface area contributed by atoms with E-state index in [-0.39, 0.29) is 12.5 Å². The van der Waals surface area contributed by atoms with E-state index in [0.29, 0.717) is 13.1 Å². The summed E-state index contributed by atoms with van der Waals surface area (Å²) in [7, 11) is 0. The van der Waals surface area contributed by atoms with Crippen molar-refractivity contribution in [2.45, 2.75) is 19.6 Å². The van der Waals surface area contributed by atoms with Crippen LogP contribution >= 0.6 is 0 Å². The van der Waals surface area contributed by atoms with E-state index in [1.807, 2.05) is 41.2 Å². The second kappa shape index (κ2) is 7.43. The molecule has 8 nitrogen and oxygen atoms in total. The van der Waals surface area contributed by atoms with Gasteiger partial charge in [0.2, 0.25) is 5.91 Å². The molecule has 128 valence electrons. The summed E-state index contributed by atoms with van der Waals surface area (Å²) in [6.45, 7) is 0.904. The summed E-state index contributed by atoms with van der Waals surface area (Å²) >= 11 is 0. The Bertz CT molecular complexity index is 955. The minimum Gasteiger partial charge on any atom is -0.350 e. The average Bonchev–Trinajstić information content (AvgIpc) is 3.10. The van der Waals surface area contributed by atoms with E-state index >= 15 is 0 Å². The molecule has 8 heteroatoms. The molecule has 0 saturated carbocycles. The zero-order chi connectivity index (χ0) is 17.6. The van der Waals surface area contributed by atoms with Gasteiger partial charge in [0.15, 0.2) is 0 Å². The van der Waals surface area contributed by atoms with E-state index in [4.69, 9.17) is 0 Å². The Morgan fingerprint density at radius 3 is 2.52 bits per heavy atom. The highest BCUT2D eigenvalue weighted by molar-refractivity contribution is 5.75. The molecule has 0 fully saturated rings. The number of rotatable bonds is 6. The summed E-state index contributed by atoms with van der Waals surface area (Å²) in [6, 6.07) is 10.9. The molecule has 3 aromatic rings. The molecule has 0 aliphatic rings. The Kier molecular flexibility index (Phi) is 4.89. The third-order valence-electron chi connectivity index (χ3n) is 3.63. The first-order valence-corrected chi connectivity index (χ1v) is 7.72. The molecular weight excluding hydrogens is 322 g/mol. The highest BCUT2D eigenvalue weighted by atomic mass is 16.2. The van der Waals surface area contributed by atoms with Crippen molar-refractivity contribution in [1.29, 1.82) is 0 Å². The Hall–Kier alpha value is -3.42. The lowest BCUT2D eigenvalue weighted by molar-refractivity contribution is -0.121. The monoisotopic (exact) mass is 339 g/mol. The van der Waals surface area contributed by atoms with Gasteiger partial charge in [0.25, 0.3) is 5.56 Å². The number of carbonyl (C=O) groups excluding carboxylic acids is 1. The Morgan fingerprint density at radius 1 is 1.08 bits per heavy atom. The maximum absolute atomic E-state index is 11.9. The van der Waals surface area contributed by atoms with Crippen molar-refractivity contribution >= 4 is 5.91 Å². The largest absolute Gasteiger partial charge is 0.350 e. The maximum Gasteiger partial charge on any atom is 0.328 e. The average molecular weight is 339 g/mol. The summed E-state index contributed by atoms with van der Waals surface area (Å²) in [5.41, 5.74) is 0.965. The molecule has 2 N–H and O–H groups in total. The van der Waals surface area contributed by atoms with E-state index in [2.05, 4.69) is 15.4 Å². The molecule has 0 radical (unpaired) electrons. The molecule has 0 saturated heterocycles. The van der Waals surface area contributed by atoms with Crippen LogP contribution in [0.15, 0.2) is 64.6 Å². The lowest BCUT2D eigenvalue weighted by Crippen LogP contribution is -2.35. The van der Waals surface area contributed by atoms with Gasteiger partial charge in [-0.15, -0.1) is 0 Å². The van der Waals surface area contributed by atoms with Crippen LogP contribution in [0.25, 0.3) is 0 Å². The number of carbonyl (C=O) groups is 1. The molecule has 0 bridgehead atoms. The molecule has 3 rings (SSSR count). The minimum atomic E-state index is -0.606. The van der Waals surface area contributed by atoms with Crippen molar-refractivity contribution in [2.24, 2.45) is 0 Å². The molecule has 1 aromatic carbocycles. The fourth-order valence-corrected chi connectivity index (χ4v) is 2.32. The Morgan fingerprint density at radius 2 is 1.84 bits per heavy atom. The van der Waals surface area contributed by atoms with Gasteiger partial charge in [-0.25, -0.2) is 4.79 Å². The topological polar surface area (TPSA) is 102 Å². The van der Waals surface area contributed by atoms with E-state index in [1.165, 1.54) is 12.3 Å². The van der Waals surface area contributed by atoms with E-state index < -0.39 is 11.2 Å². The van der Waals surface area contributed by atoms with Gasteiger partial charge in [-0.05, 0) is 17.2 Å². The normalized spacial score (nSPS) is 10.6. The van der Waals surface area contributed by atoms with Crippen molar-refractivity contribution in [2.75, 3.05) is 0 Å². The van der Waals surface area contributed by atoms with Crippen LogP contribution in [0.3, 0.4) is 0 Å². The van der Waals surface area contributed by atoms with Crippen LogP contribution in [0.2, 0.25) is 0 Å². The molecule has 0 aliphatic carbocycles. The Balaban J connectivity index is 1.53. The van der Waals surface area contributed by atoms with Gasteiger partial charge in [0.05, 0.1) is 6.54 Å². The van der Waals surface area contributed by atoms with Crippen LogP contribution in [0.4, 0.5) is 0 Å². The highest BCUT2D eigenvalue weighted by Gasteiger charge is 2.05. The second-order valence-corrected chi connectivity index (χ2v) is 5.53. The zero-order valence-corrected chi connectivity index (χ0v) is 13.4. The standard InChI is InChI=1S/C17H17N5O3/c23-15-6-9-21(17(25)20-15)12-16(24)18-10-13-2-4-14(5-3-13)11-22-8-1-7-19-22/h1-9H,10-12H2,(H,18,24)(H,20,23,25). The van der Waals surface area contributed by atoms with Crippen molar-refractivity contribution in [3.05, 3.63) is 87.0 Å². The molecule has 2 aromatic heterocycles. The van der Waals surface area contributed by atoms with Crippen molar-refractivity contribution in [3.63, 3.8) is 0 Å². The van der Waals surface area contributed by atoms with E-state index in [9.17, 15) is 14.4 Å². The number of hydrogen-bond acceptors (Lipinski definition) is 4. The minimum absolute atomic E-state index is 0.146. The lowest BCUT2D eigenvalue weighted by atomic mass is 10.1. The van der Waals surface area contributed by atoms with Gasteiger partial charge in [0.1, 0.15) is 6.54 Å². The first-order valence-electron chi connectivity index (χ1n) is 7.72. The number of nitrogens with one attached hydrogen (secondary N) is 2. The van der Waals surface area contributed by atoms with Gasteiger partial charge >= 0.3 is 5.69 Å². The van der Waals surface area contributed by atoms with Crippen LogP contribution in [0, 0.1) is 0 Å². The molecule has 2 heterocycles. The smallest absolute Gasteiger partial charge is 0.328 e. The lowest BCUT2D eigenvalue weighted by Gasteiger charge is -2.08. The van der Waals surface area contributed by atoms with Gasteiger partial charge in [-0.3, -0.25) is 23.8 Å². The molecule has 25 heavy (non-hydrogen) atoms. The van der Waals surface area contributed by atoms with Gasteiger partial charge in [-0.2, -0.15) is 5.10 Å². The summed E-state index contributed by atoms with van der Waals surface area (Å²) in [5.74, 6) is -0.310. The van der Waals surface area contributed by atoms with Crippen LogP contribution in [-0.4, -0.2) is 25.2 Å². The summed E-state index contributed by atoms with van der Waals surface area (Å²) in [5, 5.41) is 6.90. The molecular formula is C17H17N5O3. The first kappa shape index (κ1) is 16.4. The third kappa shape index (κ3) is 4.54. The number of nitrogens with zero attached hydrogens (tertiary/aromatic N) is 3. The quantitative estimate of drug-likeness (QED) is 0.665. The van der Waals surface area contributed by atoms with Crippen molar-refractivity contribution < 1.29 is 4.79 Å². The molecule has 0 spiro atoms. The van der Waals surface area contributed by atoms with Crippen LogP contribution in [0.5, 0.6) is 0 Å². The summed E-state index contributed by atoms with van der Waals surface area (Å²) in [6.07, 6.45) is 4.93. The number of amides is 1. The van der Waals surface area contributed by atoms with Crippen LogP contribution in [0.1, 0.15) is 11.1 Å². The predicted molar refractivity (Wildman–Crippen MR) is 90.9 cm³/mol. The van der Waals surface area contributed by atoms with Gasteiger partial charge < -0.3 is 5.32 Å².